The molecule has 25 heavy (non-hydrogen) atoms. The molecule has 124 valence electrons. The van der Waals surface area contributed by atoms with Crippen molar-refractivity contribution in [3.8, 4) is 28.4 Å². The monoisotopic (exact) mass is 332 g/mol. The van der Waals surface area contributed by atoms with Gasteiger partial charge in [0.15, 0.2) is 6.61 Å². The lowest BCUT2D eigenvalue weighted by atomic mass is 10.1. The molecule has 2 heterocycles. The smallest absolute Gasteiger partial charge is 0.264 e. The summed E-state index contributed by atoms with van der Waals surface area (Å²) in [6, 6.07) is 19.5. The summed E-state index contributed by atoms with van der Waals surface area (Å²) >= 11 is 0. The van der Waals surface area contributed by atoms with Gasteiger partial charge in [0.05, 0.1) is 5.69 Å². The highest BCUT2D eigenvalue weighted by Gasteiger charge is 2.11. The number of ether oxygens (including phenoxy) is 1. The molecule has 0 saturated heterocycles. The molecule has 0 spiro atoms. The van der Waals surface area contributed by atoms with Gasteiger partial charge in [0.2, 0.25) is 5.82 Å². The van der Waals surface area contributed by atoms with Gasteiger partial charge in [0.25, 0.3) is 5.89 Å². The van der Waals surface area contributed by atoms with Crippen molar-refractivity contribution < 1.29 is 9.26 Å². The summed E-state index contributed by atoms with van der Waals surface area (Å²) in [5.74, 6) is 1.74. The van der Waals surface area contributed by atoms with Crippen LogP contribution in [0.15, 0.2) is 71.4 Å². The summed E-state index contributed by atoms with van der Waals surface area (Å²) in [5.41, 5.74) is 2.95. The number of aryl methyl sites for hydroxylation is 1. The summed E-state index contributed by atoms with van der Waals surface area (Å²) in [7, 11) is 1.91. The standard InChI is InChI=1S/C19H16N4O2/c1-23-17(10-11-20-23)14-6-5-7-15(12-14)19-21-18(25-22-19)13-24-16-8-3-2-4-9-16/h2-12H,13H2,1H3. The Morgan fingerprint density at radius 3 is 2.64 bits per heavy atom. The van der Waals surface area contributed by atoms with Crippen LogP contribution in [0.4, 0.5) is 0 Å². The first-order valence-electron chi connectivity index (χ1n) is 7.89. The molecular weight excluding hydrogens is 316 g/mol. The van der Waals surface area contributed by atoms with E-state index in [0.717, 1.165) is 22.6 Å². The van der Waals surface area contributed by atoms with Crippen LogP contribution in [0, 0.1) is 0 Å². The van der Waals surface area contributed by atoms with Crippen LogP contribution in [-0.2, 0) is 13.7 Å². The number of aromatic nitrogens is 4. The zero-order valence-corrected chi connectivity index (χ0v) is 13.7. The molecule has 0 unspecified atom stereocenters. The van der Waals surface area contributed by atoms with E-state index in [4.69, 9.17) is 9.26 Å². The number of hydrogen-bond donors (Lipinski definition) is 0. The number of hydrogen-bond acceptors (Lipinski definition) is 5. The molecule has 6 nitrogen and oxygen atoms in total. The van der Waals surface area contributed by atoms with Crippen LogP contribution in [0.1, 0.15) is 5.89 Å². The maximum absolute atomic E-state index is 5.63. The number of rotatable bonds is 5. The van der Waals surface area contributed by atoms with Crippen LogP contribution in [0.25, 0.3) is 22.6 Å². The van der Waals surface area contributed by atoms with E-state index in [0.29, 0.717) is 11.7 Å². The molecule has 0 radical (unpaired) electrons. The molecule has 0 aliphatic carbocycles. The van der Waals surface area contributed by atoms with Gasteiger partial charge < -0.3 is 9.26 Å². The highest BCUT2D eigenvalue weighted by Crippen LogP contribution is 2.24. The molecule has 0 bridgehead atoms. The topological polar surface area (TPSA) is 66.0 Å². The van der Waals surface area contributed by atoms with Crippen molar-refractivity contribution in [2.24, 2.45) is 7.05 Å². The Morgan fingerprint density at radius 1 is 1.00 bits per heavy atom. The first kappa shape index (κ1) is 15.1. The summed E-state index contributed by atoms with van der Waals surface area (Å²) in [5, 5.41) is 8.26. The first-order valence-corrected chi connectivity index (χ1v) is 7.89. The molecule has 4 aromatic rings. The maximum atomic E-state index is 5.63. The second-order valence-corrected chi connectivity index (χ2v) is 5.53. The zero-order chi connectivity index (χ0) is 17.1. The van der Waals surface area contributed by atoms with Gasteiger partial charge in [-0.15, -0.1) is 0 Å². The fourth-order valence-electron chi connectivity index (χ4n) is 2.57. The fraction of sp³-hybridized carbons (Fsp3) is 0.105. The van der Waals surface area contributed by atoms with E-state index < -0.39 is 0 Å². The van der Waals surface area contributed by atoms with Gasteiger partial charge >= 0.3 is 0 Å². The minimum absolute atomic E-state index is 0.235. The molecule has 0 fully saturated rings. The largest absolute Gasteiger partial charge is 0.484 e. The van der Waals surface area contributed by atoms with E-state index in [1.54, 1.807) is 6.20 Å². The molecule has 4 rings (SSSR count). The predicted octanol–water partition coefficient (Wildman–Crippen LogP) is 3.72. The Morgan fingerprint density at radius 2 is 1.84 bits per heavy atom. The third kappa shape index (κ3) is 3.28. The van der Waals surface area contributed by atoms with Gasteiger partial charge in [-0.2, -0.15) is 10.1 Å². The molecule has 0 saturated carbocycles. The molecule has 0 atom stereocenters. The van der Waals surface area contributed by atoms with Gasteiger partial charge in [-0.05, 0) is 24.3 Å². The highest BCUT2D eigenvalue weighted by molar-refractivity contribution is 5.67. The number of benzene rings is 2. The second-order valence-electron chi connectivity index (χ2n) is 5.53. The van der Waals surface area contributed by atoms with Crippen molar-refractivity contribution in [1.29, 1.82) is 0 Å². The van der Waals surface area contributed by atoms with Gasteiger partial charge in [-0.25, -0.2) is 0 Å². The van der Waals surface area contributed by atoms with Crippen LogP contribution >= 0.6 is 0 Å². The van der Waals surface area contributed by atoms with Crippen molar-refractivity contribution in [2.45, 2.75) is 6.61 Å². The quantitative estimate of drug-likeness (QED) is 0.557. The highest BCUT2D eigenvalue weighted by atomic mass is 16.5. The lowest BCUT2D eigenvalue weighted by Gasteiger charge is -2.03. The van der Waals surface area contributed by atoms with Gasteiger partial charge in [-0.3, -0.25) is 4.68 Å². The Labute approximate surface area is 144 Å². The SMILES string of the molecule is Cn1nccc1-c1cccc(-c2noc(COc3ccccc3)n2)c1. The Bertz CT molecular complexity index is 976. The van der Waals surface area contributed by atoms with E-state index in [1.165, 1.54) is 0 Å². The van der Waals surface area contributed by atoms with Crippen LogP contribution in [0.2, 0.25) is 0 Å². The molecule has 6 heteroatoms. The summed E-state index contributed by atoms with van der Waals surface area (Å²) in [4.78, 5) is 4.42. The van der Waals surface area contributed by atoms with Gasteiger partial charge in [0, 0.05) is 24.4 Å². The number of para-hydroxylation sites is 1. The van der Waals surface area contributed by atoms with Crippen molar-refractivity contribution in [2.75, 3.05) is 0 Å². The Balaban J connectivity index is 1.53. The summed E-state index contributed by atoms with van der Waals surface area (Å²) < 4.78 is 12.8. The summed E-state index contributed by atoms with van der Waals surface area (Å²) in [6.07, 6.45) is 1.77. The van der Waals surface area contributed by atoms with E-state index in [1.807, 2.05) is 72.4 Å². The molecule has 0 N–H and O–H groups in total. The van der Waals surface area contributed by atoms with Gasteiger partial charge in [-0.1, -0.05) is 41.6 Å². The number of nitrogens with zero attached hydrogens (tertiary/aromatic N) is 4. The van der Waals surface area contributed by atoms with Crippen LogP contribution in [-0.4, -0.2) is 19.9 Å². The van der Waals surface area contributed by atoms with E-state index in [2.05, 4.69) is 15.2 Å². The lowest BCUT2D eigenvalue weighted by Crippen LogP contribution is -1.95. The molecular formula is C19H16N4O2. The molecule has 2 aromatic heterocycles. The minimum atomic E-state index is 0.235. The first-order chi connectivity index (χ1) is 12.3. The van der Waals surface area contributed by atoms with Crippen LogP contribution in [0.5, 0.6) is 5.75 Å². The van der Waals surface area contributed by atoms with E-state index in [9.17, 15) is 0 Å². The maximum Gasteiger partial charge on any atom is 0.264 e. The Hall–Kier alpha value is -3.41. The average molecular weight is 332 g/mol. The van der Waals surface area contributed by atoms with Gasteiger partial charge in [0.1, 0.15) is 5.75 Å². The lowest BCUT2D eigenvalue weighted by molar-refractivity contribution is 0.243. The summed E-state index contributed by atoms with van der Waals surface area (Å²) in [6.45, 7) is 0.235. The molecule has 2 aromatic carbocycles. The Kier molecular flexibility index (Phi) is 4.00. The van der Waals surface area contributed by atoms with Crippen molar-refractivity contribution in [3.05, 3.63) is 72.8 Å². The van der Waals surface area contributed by atoms with Crippen molar-refractivity contribution in [3.63, 3.8) is 0 Å². The van der Waals surface area contributed by atoms with E-state index in [-0.39, 0.29) is 6.61 Å². The normalized spacial score (nSPS) is 10.8. The second kappa shape index (κ2) is 6.60. The van der Waals surface area contributed by atoms with Crippen molar-refractivity contribution >= 4 is 0 Å². The van der Waals surface area contributed by atoms with Crippen molar-refractivity contribution in [1.82, 2.24) is 19.9 Å². The third-order valence-corrected chi connectivity index (χ3v) is 3.81. The molecule has 0 amide bonds. The van der Waals surface area contributed by atoms with Crippen LogP contribution in [0.3, 0.4) is 0 Å². The average Bonchev–Trinajstić information content (AvgIpc) is 3.30. The fourth-order valence-corrected chi connectivity index (χ4v) is 2.57. The molecule has 0 aliphatic rings. The zero-order valence-electron chi connectivity index (χ0n) is 13.7. The van der Waals surface area contributed by atoms with E-state index >= 15 is 0 Å². The third-order valence-electron chi connectivity index (χ3n) is 3.81. The predicted molar refractivity (Wildman–Crippen MR) is 92.7 cm³/mol. The minimum Gasteiger partial charge on any atom is -0.484 e. The molecule has 0 aliphatic heterocycles. The van der Waals surface area contributed by atoms with Crippen LogP contribution < -0.4 is 4.74 Å².